The molecule has 18 heavy (non-hydrogen) atoms. The van der Waals surface area contributed by atoms with Crippen LogP contribution in [0.5, 0.6) is 0 Å². The fourth-order valence-electron chi connectivity index (χ4n) is 2.09. The number of aliphatic carboxylic acids is 1. The van der Waals surface area contributed by atoms with Crippen LogP contribution in [0.2, 0.25) is 0 Å². The molecule has 0 saturated heterocycles. The van der Waals surface area contributed by atoms with Crippen LogP contribution in [-0.4, -0.2) is 23.0 Å². The van der Waals surface area contributed by atoms with Crippen LogP contribution >= 0.6 is 0 Å². The summed E-state index contributed by atoms with van der Waals surface area (Å²) in [5.74, 6) is -2.38. The molecular weight excluding hydrogens is 232 g/mol. The number of nitrogens with one attached hydrogen (secondary N) is 1. The molecule has 0 saturated carbocycles. The molecule has 2 N–H and O–H groups in total. The summed E-state index contributed by atoms with van der Waals surface area (Å²) in [4.78, 5) is 23.1. The van der Waals surface area contributed by atoms with Crippen molar-refractivity contribution in [2.75, 3.05) is 0 Å². The number of carboxylic acids is 1. The highest BCUT2D eigenvalue weighted by Gasteiger charge is 2.34. The number of carboxylic acid groups (broad SMARTS) is 1. The largest absolute Gasteiger partial charge is 0.481 e. The van der Waals surface area contributed by atoms with Gasteiger partial charge in [-0.05, 0) is 19.3 Å². The molecule has 98 valence electrons. The van der Waals surface area contributed by atoms with Gasteiger partial charge in [0, 0.05) is 6.04 Å². The topological polar surface area (TPSA) is 90.2 Å². The molecule has 0 radical (unpaired) electrons. The van der Waals surface area contributed by atoms with E-state index < -0.39 is 17.8 Å². The van der Waals surface area contributed by atoms with E-state index in [0.717, 1.165) is 0 Å². The highest BCUT2D eigenvalue weighted by atomic mass is 16.4. The van der Waals surface area contributed by atoms with Crippen molar-refractivity contribution < 1.29 is 14.7 Å². The molecule has 1 aliphatic rings. The molecular formula is C13H18N2O3. The minimum atomic E-state index is -0.937. The second kappa shape index (κ2) is 6.80. The average molecular weight is 250 g/mol. The van der Waals surface area contributed by atoms with Gasteiger partial charge >= 0.3 is 5.97 Å². The molecule has 0 fully saturated rings. The van der Waals surface area contributed by atoms with Gasteiger partial charge in [0.05, 0.1) is 24.3 Å². The Morgan fingerprint density at radius 1 is 1.44 bits per heavy atom. The van der Waals surface area contributed by atoms with Crippen molar-refractivity contribution in [3.05, 3.63) is 12.2 Å². The molecule has 0 aromatic carbocycles. The number of carbonyl (C=O) groups is 2. The van der Waals surface area contributed by atoms with Crippen LogP contribution in [0.3, 0.4) is 0 Å². The molecule has 0 aliphatic heterocycles. The van der Waals surface area contributed by atoms with Crippen molar-refractivity contribution in [2.45, 2.75) is 38.6 Å². The Balaban J connectivity index is 2.67. The number of carbonyl (C=O) groups excluding carboxylic acids is 1. The first-order chi connectivity index (χ1) is 8.60. The van der Waals surface area contributed by atoms with E-state index in [-0.39, 0.29) is 18.4 Å². The highest BCUT2D eigenvalue weighted by molar-refractivity contribution is 5.85. The Morgan fingerprint density at radius 2 is 2.06 bits per heavy atom. The van der Waals surface area contributed by atoms with Gasteiger partial charge in [-0.25, -0.2) is 0 Å². The van der Waals surface area contributed by atoms with Crippen molar-refractivity contribution in [1.82, 2.24) is 5.32 Å². The first kappa shape index (κ1) is 14.2. The van der Waals surface area contributed by atoms with E-state index in [1.54, 1.807) is 6.08 Å². The van der Waals surface area contributed by atoms with Gasteiger partial charge in [0.2, 0.25) is 5.91 Å². The number of amides is 1. The molecule has 1 amide bonds. The molecule has 0 spiro atoms. The Labute approximate surface area is 106 Å². The number of nitriles is 1. The standard InChI is InChI=1S/C13H18N2O3/c1-2-9(7-8-14)15-12(16)10-5-3-4-6-11(10)13(17)18/h3-4,9-11H,2,5-7H2,1H3,(H,15,16)(H,17,18)/t9?,10-,11+/m1/s1. The fraction of sp³-hybridized carbons (Fsp3) is 0.615. The SMILES string of the molecule is CCC(CC#N)NC(=O)[C@@H]1CC=CC[C@@H]1C(=O)O. The minimum absolute atomic E-state index is 0.192. The third-order valence-electron chi connectivity index (χ3n) is 3.26. The van der Waals surface area contributed by atoms with E-state index in [4.69, 9.17) is 10.4 Å². The molecule has 0 aromatic heterocycles. The maximum Gasteiger partial charge on any atom is 0.307 e. The number of hydrogen-bond donors (Lipinski definition) is 2. The van der Waals surface area contributed by atoms with Crippen molar-refractivity contribution in [3.63, 3.8) is 0 Å². The predicted molar refractivity (Wildman–Crippen MR) is 65.4 cm³/mol. The number of nitrogens with zero attached hydrogens (tertiary/aromatic N) is 1. The van der Waals surface area contributed by atoms with Gasteiger partial charge in [0.15, 0.2) is 0 Å². The molecule has 5 nitrogen and oxygen atoms in total. The van der Waals surface area contributed by atoms with Gasteiger partial charge < -0.3 is 10.4 Å². The first-order valence-electron chi connectivity index (χ1n) is 6.15. The van der Waals surface area contributed by atoms with E-state index in [1.165, 1.54) is 0 Å². The summed E-state index contributed by atoms with van der Waals surface area (Å²) in [6.07, 6.45) is 5.40. The Morgan fingerprint density at radius 3 is 2.56 bits per heavy atom. The smallest absolute Gasteiger partial charge is 0.307 e. The lowest BCUT2D eigenvalue weighted by Crippen LogP contribution is -2.43. The van der Waals surface area contributed by atoms with Gasteiger partial charge in [-0.15, -0.1) is 0 Å². The van der Waals surface area contributed by atoms with Crippen molar-refractivity contribution >= 4 is 11.9 Å². The number of hydrogen-bond acceptors (Lipinski definition) is 3. The first-order valence-corrected chi connectivity index (χ1v) is 6.15. The molecule has 1 rings (SSSR count). The van der Waals surface area contributed by atoms with Gasteiger partial charge in [0.25, 0.3) is 0 Å². The lowest BCUT2D eigenvalue weighted by atomic mass is 9.82. The Hall–Kier alpha value is -1.83. The van der Waals surface area contributed by atoms with Crippen LogP contribution in [0, 0.1) is 23.2 Å². The summed E-state index contributed by atoms with van der Waals surface area (Å²) in [5.41, 5.74) is 0. The molecule has 5 heteroatoms. The zero-order chi connectivity index (χ0) is 13.5. The minimum Gasteiger partial charge on any atom is -0.481 e. The van der Waals surface area contributed by atoms with Crippen LogP contribution in [0.4, 0.5) is 0 Å². The van der Waals surface area contributed by atoms with Gasteiger partial charge in [-0.2, -0.15) is 5.26 Å². The second-order valence-electron chi connectivity index (χ2n) is 4.47. The highest BCUT2D eigenvalue weighted by Crippen LogP contribution is 2.26. The summed E-state index contributed by atoms with van der Waals surface area (Å²) >= 11 is 0. The fourth-order valence-corrected chi connectivity index (χ4v) is 2.09. The lowest BCUT2D eigenvalue weighted by Gasteiger charge is -2.26. The summed E-state index contributed by atoms with van der Waals surface area (Å²) < 4.78 is 0. The van der Waals surface area contributed by atoms with Crippen molar-refractivity contribution in [3.8, 4) is 6.07 Å². The average Bonchev–Trinajstić information content (AvgIpc) is 2.38. The van der Waals surface area contributed by atoms with Gasteiger partial charge in [0.1, 0.15) is 0 Å². The molecule has 1 unspecified atom stereocenters. The molecule has 0 heterocycles. The summed E-state index contributed by atoms with van der Waals surface area (Å²) in [6.45, 7) is 1.89. The summed E-state index contributed by atoms with van der Waals surface area (Å²) in [6, 6.07) is 1.82. The van der Waals surface area contributed by atoms with Crippen LogP contribution in [0.15, 0.2) is 12.2 Å². The quantitative estimate of drug-likeness (QED) is 0.723. The van der Waals surface area contributed by atoms with Gasteiger partial charge in [-0.1, -0.05) is 19.1 Å². The van der Waals surface area contributed by atoms with E-state index in [0.29, 0.717) is 19.3 Å². The van der Waals surface area contributed by atoms with Crippen molar-refractivity contribution in [1.29, 1.82) is 5.26 Å². The van der Waals surface area contributed by atoms with E-state index in [9.17, 15) is 9.59 Å². The molecule has 3 atom stereocenters. The lowest BCUT2D eigenvalue weighted by molar-refractivity contribution is -0.147. The molecule has 0 aromatic rings. The predicted octanol–water partition coefficient (Wildman–Crippen LogP) is 1.46. The van der Waals surface area contributed by atoms with Crippen LogP contribution in [0.1, 0.15) is 32.6 Å². The van der Waals surface area contributed by atoms with Crippen LogP contribution in [-0.2, 0) is 9.59 Å². The zero-order valence-electron chi connectivity index (χ0n) is 10.4. The van der Waals surface area contributed by atoms with Gasteiger partial charge in [-0.3, -0.25) is 9.59 Å². The van der Waals surface area contributed by atoms with E-state index >= 15 is 0 Å². The van der Waals surface area contributed by atoms with Crippen LogP contribution < -0.4 is 5.32 Å². The van der Waals surface area contributed by atoms with Crippen LogP contribution in [0.25, 0.3) is 0 Å². The zero-order valence-corrected chi connectivity index (χ0v) is 10.4. The maximum atomic E-state index is 12.0. The maximum absolute atomic E-state index is 12.0. The third-order valence-corrected chi connectivity index (χ3v) is 3.26. The van der Waals surface area contributed by atoms with E-state index in [2.05, 4.69) is 5.32 Å². The van der Waals surface area contributed by atoms with E-state index in [1.807, 2.05) is 19.1 Å². The second-order valence-corrected chi connectivity index (χ2v) is 4.47. The summed E-state index contributed by atoms with van der Waals surface area (Å²) in [5, 5.41) is 20.5. The third kappa shape index (κ3) is 3.59. The normalized spacial score (nSPS) is 24.0. The van der Waals surface area contributed by atoms with Crippen molar-refractivity contribution in [2.24, 2.45) is 11.8 Å². The summed E-state index contributed by atoms with van der Waals surface area (Å²) in [7, 11) is 0. The Bertz CT molecular complexity index is 384. The molecule has 1 aliphatic carbocycles. The Kier molecular flexibility index (Phi) is 5.37. The number of allylic oxidation sites excluding steroid dienone is 2. The monoisotopic (exact) mass is 250 g/mol. The number of rotatable bonds is 5. The molecule has 0 bridgehead atoms.